The number of hydrogen-bond acceptors (Lipinski definition) is 3. The number of aliphatic hydroxyl groups excluding tert-OH is 1. The molecule has 0 spiro atoms. The summed E-state index contributed by atoms with van der Waals surface area (Å²) in [5.74, 6) is -0.750. The third-order valence-corrected chi connectivity index (χ3v) is 5.40. The number of hydrogen-bond donors (Lipinski definition) is 3. The van der Waals surface area contributed by atoms with Crippen LogP contribution < -0.4 is 10.6 Å². The first-order valence-corrected chi connectivity index (χ1v) is 10.4. The van der Waals surface area contributed by atoms with Gasteiger partial charge in [-0.15, -0.1) is 0 Å². The normalized spacial score (nSPS) is 10.9. The van der Waals surface area contributed by atoms with Crippen LogP contribution in [0.1, 0.15) is 33.2 Å². The predicted molar refractivity (Wildman–Crippen MR) is 125 cm³/mol. The van der Waals surface area contributed by atoms with Gasteiger partial charge in [0.2, 0.25) is 0 Å². The number of rotatable bonds is 6. The molecule has 0 heterocycles. The molecule has 0 fully saturated rings. The number of carbonyl (C=O) groups excluding carboxylic acids is 2. The van der Waals surface area contributed by atoms with E-state index in [4.69, 9.17) is 5.11 Å². The summed E-state index contributed by atoms with van der Waals surface area (Å²) in [6.45, 7) is 2.12. The number of aryl methyl sites for hydroxylation is 1. The van der Waals surface area contributed by atoms with Gasteiger partial charge in [-0.25, -0.2) is 0 Å². The van der Waals surface area contributed by atoms with Crippen LogP contribution in [0, 0.1) is 0 Å². The largest absolute Gasteiger partial charge is 0.395 e. The molecular formula is C26H24N2O3. The van der Waals surface area contributed by atoms with E-state index < -0.39 is 5.91 Å². The average Bonchev–Trinajstić information content (AvgIpc) is 2.82. The highest BCUT2D eigenvalue weighted by Crippen LogP contribution is 2.31. The molecule has 4 aromatic carbocycles. The van der Waals surface area contributed by atoms with Crippen molar-refractivity contribution in [3.63, 3.8) is 0 Å². The van der Waals surface area contributed by atoms with Crippen molar-refractivity contribution < 1.29 is 14.7 Å². The van der Waals surface area contributed by atoms with Crippen molar-refractivity contribution in [2.24, 2.45) is 0 Å². The molecule has 5 nitrogen and oxygen atoms in total. The number of aliphatic hydroxyl groups is 1. The fraction of sp³-hybridized carbons (Fsp3) is 0.154. The minimum atomic E-state index is -0.392. The molecule has 0 saturated carbocycles. The van der Waals surface area contributed by atoms with Gasteiger partial charge in [-0.05, 0) is 57.8 Å². The summed E-state index contributed by atoms with van der Waals surface area (Å²) in [5.41, 5.74) is 2.51. The molecule has 4 aromatic rings. The van der Waals surface area contributed by atoms with Crippen molar-refractivity contribution in [3.05, 3.63) is 89.5 Å². The maximum Gasteiger partial charge on any atom is 0.256 e. The number of anilines is 1. The van der Waals surface area contributed by atoms with Gasteiger partial charge in [-0.1, -0.05) is 55.5 Å². The van der Waals surface area contributed by atoms with Crippen LogP contribution in [0.25, 0.3) is 21.5 Å². The number of fused-ring (bicyclic) bond motifs is 3. The smallest absolute Gasteiger partial charge is 0.256 e. The third kappa shape index (κ3) is 4.13. The second-order valence-electron chi connectivity index (χ2n) is 7.35. The summed E-state index contributed by atoms with van der Waals surface area (Å²) in [7, 11) is 0. The van der Waals surface area contributed by atoms with Gasteiger partial charge in [0.25, 0.3) is 11.8 Å². The maximum absolute atomic E-state index is 13.0. The first-order chi connectivity index (χ1) is 15.1. The molecule has 2 amide bonds. The van der Waals surface area contributed by atoms with Crippen LogP contribution in [0.2, 0.25) is 0 Å². The number of nitrogens with one attached hydrogen (secondary N) is 2. The lowest BCUT2D eigenvalue weighted by Crippen LogP contribution is -2.28. The number of benzene rings is 4. The lowest BCUT2D eigenvalue weighted by atomic mass is 9.95. The minimum absolute atomic E-state index is 0.131. The van der Waals surface area contributed by atoms with E-state index in [9.17, 15) is 9.59 Å². The molecule has 0 radical (unpaired) electrons. The molecule has 31 heavy (non-hydrogen) atoms. The fourth-order valence-electron chi connectivity index (χ4n) is 3.89. The lowest BCUT2D eigenvalue weighted by Gasteiger charge is -2.13. The van der Waals surface area contributed by atoms with Crippen molar-refractivity contribution in [3.8, 4) is 0 Å². The zero-order valence-electron chi connectivity index (χ0n) is 17.3. The van der Waals surface area contributed by atoms with E-state index in [1.807, 2.05) is 30.3 Å². The quantitative estimate of drug-likeness (QED) is 0.407. The van der Waals surface area contributed by atoms with Crippen molar-refractivity contribution >= 4 is 39.0 Å². The Kier molecular flexibility index (Phi) is 5.96. The van der Waals surface area contributed by atoms with E-state index in [1.54, 1.807) is 24.3 Å². The second-order valence-corrected chi connectivity index (χ2v) is 7.35. The van der Waals surface area contributed by atoms with Gasteiger partial charge >= 0.3 is 0 Å². The summed E-state index contributed by atoms with van der Waals surface area (Å²) >= 11 is 0. The second kappa shape index (κ2) is 8.98. The van der Waals surface area contributed by atoms with Crippen LogP contribution in [-0.4, -0.2) is 30.1 Å². The Labute approximate surface area is 180 Å². The Morgan fingerprint density at radius 1 is 0.806 bits per heavy atom. The van der Waals surface area contributed by atoms with Crippen molar-refractivity contribution in [2.75, 3.05) is 18.5 Å². The average molecular weight is 412 g/mol. The van der Waals surface area contributed by atoms with Crippen molar-refractivity contribution in [1.82, 2.24) is 5.32 Å². The molecule has 156 valence electrons. The zero-order chi connectivity index (χ0) is 21.8. The summed E-state index contributed by atoms with van der Waals surface area (Å²) in [6.07, 6.45) is 0.948. The Balaban J connectivity index is 1.69. The first kappa shape index (κ1) is 20.6. The van der Waals surface area contributed by atoms with Gasteiger partial charge in [0.1, 0.15) is 0 Å². The lowest BCUT2D eigenvalue weighted by molar-refractivity contribution is 0.0933. The van der Waals surface area contributed by atoms with Crippen molar-refractivity contribution in [2.45, 2.75) is 13.3 Å². The van der Waals surface area contributed by atoms with Gasteiger partial charge in [0.15, 0.2) is 0 Å². The van der Waals surface area contributed by atoms with Crippen molar-refractivity contribution in [1.29, 1.82) is 0 Å². The Morgan fingerprint density at radius 2 is 1.48 bits per heavy atom. The summed E-state index contributed by atoms with van der Waals surface area (Å²) < 4.78 is 0. The number of carbonyl (C=O) groups is 2. The van der Waals surface area contributed by atoms with E-state index in [0.717, 1.165) is 22.6 Å². The van der Waals surface area contributed by atoms with Gasteiger partial charge in [-0.2, -0.15) is 0 Å². The Morgan fingerprint density at radius 3 is 2.19 bits per heavy atom. The molecular weight excluding hydrogens is 388 g/mol. The molecule has 0 bridgehead atoms. The van der Waals surface area contributed by atoms with Crippen LogP contribution >= 0.6 is 0 Å². The molecule has 3 N–H and O–H groups in total. The molecule has 0 atom stereocenters. The first-order valence-electron chi connectivity index (χ1n) is 10.4. The van der Waals surface area contributed by atoms with E-state index >= 15 is 0 Å². The summed E-state index contributed by atoms with van der Waals surface area (Å²) in [5, 5.41) is 19.0. The predicted octanol–water partition coefficient (Wildman–Crippen LogP) is 4.53. The molecule has 0 unspecified atom stereocenters. The third-order valence-electron chi connectivity index (χ3n) is 5.40. The molecule has 0 aromatic heterocycles. The molecule has 5 heteroatoms. The molecule has 4 rings (SSSR count). The highest BCUT2D eigenvalue weighted by molar-refractivity contribution is 6.14. The molecule has 0 aliphatic carbocycles. The van der Waals surface area contributed by atoms with E-state index in [1.165, 1.54) is 10.9 Å². The van der Waals surface area contributed by atoms with Gasteiger partial charge in [0.05, 0.1) is 17.7 Å². The summed E-state index contributed by atoms with van der Waals surface area (Å²) in [6, 6.07) is 23.0. The van der Waals surface area contributed by atoms with Gasteiger partial charge in [0, 0.05) is 12.2 Å². The zero-order valence-corrected chi connectivity index (χ0v) is 17.3. The SMILES string of the molecule is CCc1cc2ccc(NC(=O)c3ccccc3C(=O)NCCO)cc2c2ccccc12. The van der Waals surface area contributed by atoms with E-state index in [-0.39, 0.29) is 30.2 Å². The van der Waals surface area contributed by atoms with Crippen LogP contribution in [0.3, 0.4) is 0 Å². The molecule has 0 saturated heterocycles. The number of amides is 2. The van der Waals surface area contributed by atoms with E-state index in [2.05, 4.69) is 35.8 Å². The topological polar surface area (TPSA) is 78.4 Å². The van der Waals surface area contributed by atoms with Crippen LogP contribution in [-0.2, 0) is 6.42 Å². The highest BCUT2D eigenvalue weighted by atomic mass is 16.3. The maximum atomic E-state index is 13.0. The Bertz CT molecular complexity index is 1280. The van der Waals surface area contributed by atoms with Crippen LogP contribution in [0.15, 0.2) is 72.8 Å². The van der Waals surface area contributed by atoms with Gasteiger partial charge < -0.3 is 15.7 Å². The van der Waals surface area contributed by atoms with Gasteiger partial charge in [-0.3, -0.25) is 9.59 Å². The Hall–Kier alpha value is -3.70. The summed E-state index contributed by atoms with van der Waals surface area (Å²) in [4.78, 5) is 25.3. The molecule has 0 aliphatic rings. The minimum Gasteiger partial charge on any atom is -0.395 e. The van der Waals surface area contributed by atoms with Crippen LogP contribution in [0.5, 0.6) is 0 Å². The highest BCUT2D eigenvalue weighted by Gasteiger charge is 2.17. The standard InChI is InChI=1S/C26H24N2O3/c1-2-17-15-18-11-12-19(16-24(18)21-8-4-3-7-20(17)21)28-26(31)23-10-6-5-9-22(23)25(30)27-13-14-29/h3-12,15-16,29H,2,13-14H2,1H3,(H,27,30)(H,28,31). The monoisotopic (exact) mass is 412 g/mol. The fourth-order valence-corrected chi connectivity index (χ4v) is 3.89. The van der Waals surface area contributed by atoms with Crippen LogP contribution in [0.4, 0.5) is 5.69 Å². The van der Waals surface area contributed by atoms with E-state index in [0.29, 0.717) is 5.69 Å². The molecule has 0 aliphatic heterocycles.